The van der Waals surface area contributed by atoms with Gasteiger partial charge in [0, 0.05) is 11.8 Å². The highest BCUT2D eigenvalue weighted by Gasteiger charge is 2.61. The van der Waals surface area contributed by atoms with E-state index in [4.69, 9.17) is 9.47 Å². The number of carbonyl (C=O) groups is 2. The Morgan fingerprint density at radius 2 is 1.00 bits per heavy atom. The maximum Gasteiger partial charge on any atom is 0.338 e. The lowest BCUT2D eigenvalue weighted by Gasteiger charge is -2.42. The van der Waals surface area contributed by atoms with Crippen molar-refractivity contribution >= 4 is 11.9 Å². The highest BCUT2D eigenvalue weighted by Crippen LogP contribution is 2.59. The molecule has 0 heterocycles. The minimum atomic E-state index is -0.393. The Bertz CT molecular complexity index is 1080. The van der Waals surface area contributed by atoms with Crippen LogP contribution in [0, 0.1) is 23.7 Å². The first-order chi connectivity index (χ1) is 17.5. The van der Waals surface area contributed by atoms with Crippen LogP contribution in [0.3, 0.4) is 0 Å². The smallest absolute Gasteiger partial charge is 0.338 e. The standard InChI is InChI=1S/C33H42O4/c1-32(2,3)26-17-11-9-15-22(26)30(34)36-28-24-19-25(21-14-8-7-13-20(21)24)29(28)37-31(35)23-16-10-12-18-27(23)33(4,5)6/h9-12,15-18,20-21,24-25,28-29H,7-8,13-14,19H2,1-6H3. The molecule has 0 saturated heterocycles. The van der Waals surface area contributed by atoms with Gasteiger partial charge in [-0.25, -0.2) is 9.59 Å². The number of esters is 2. The molecule has 37 heavy (non-hydrogen) atoms. The van der Waals surface area contributed by atoms with Crippen molar-refractivity contribution in [3.8, 4) is 0 Å². The molecule has 0 aromatic heterocycles. The van der Waals surface area contributed by atoms with E-state index >= 15 is 0 Å². The van der Waals surface area contributed by atoms with Crippen molar-refractivity contribution in [3.05, 3.63) is 70.8 Å². The summed E-state index contributed by atoms with van der Waals surface area (Å²) in [5.74, 6) is 1.05. The van der Waals surface area contributed by atoms with E-state index < -0.39 is 12.2 Å². The van der Waals surface area contributed by atoms with E-state index in [9.17, 15) is 9.59 Å². The van der Waals surface area contributed by atoms with Crippen LogP contribution in [0.15, 0.2) is 48.5 Å². The minimum Gasteiger partial charge on any atom is -0.454 e. The first kappa shape index (κ1) is 26.0. The molecule has 3 aliphatic carbocycles. The summed E-state index contributed by atoms with van der Waals surface area (Å²) < 4.78 is 12.7. The lowest BCUT2D eigenvalue weighted by molar-refractivity contribution is -0.0873. The second kappa shape index (κ2) is 9.60. The monoisotopic (exact) mass is 502 g/mol. The molecule has 0 radical (unpaired) electrons. The lowest BCUT2D eigenvalue weighted by atomic mass is 9.69. The van der Waals surface area contributed by atoms with E-state index in [1.54, 1.807) is 0 Å². The number of hydrogen-bond donors (Lipinski definition) is 0. The molecule has 0 spiro atoms. The molecule has 4 nitrogen and oxygen atoms in total. The zero-order chi connectivity index (χ0) is 26.5. The quantitative estimate of drug-likeness (QED) is 0.407. The van der Waals surface area contributed by atoms with E-state index in [1.807, 2.05) is 48.5 Å². The fourth-order valence-electron chi connectivity index (χ4n) is 7.47. The summed E-state index contributed by atoms with van der Waals surface area (Å²) in [5.41, 5.74) is 2.82. The Morgan fingerprint density at radius 1 is 0.622 bits per heavy atom. The third-order valence-corrected chi connectivity index (χ3v) is 9.08. The number of rotatable bonds is 4. The average molecular weight is 503 g/mol. The summed E-state index contributed by atoms with van der Waals surface area (Å²) in [6, 6.07) is 15.5. The van der Waals surface area contributed by atoms with Gasteiger partial charge in [-0.3, -0.25) is 0 Å². The molecule has 2 bridgehead atoms. The Balaban J connectivity index is 1.44. The topological polar surface area (TPSA) is 52.6 Å². The van der Waals surface area contributed by atoms with Crippen molar-refractivity contribution < 1.29 is 19.1 Å². The molecule has 2 aromatic carbocycles. The summed E-state index contributed by atoms with van der Waals surface area (Å²) in [5, 5.41) is 0. The highest BCUT2D eigenvalue weighted by atomic mass is 16.6. The van der Waals surface area contributed by atoms with Gasteiger partial charge >= 0.3 is 11.9 Å². The molecule has 5 rings (SSSR count). The van der Waals surface area contributed by atoms with Crippen LogP contribution >= 0.6 is 0 Å². The van der Waals surface area contributed by atoms with Gasteiger partial charge in [0.15, 0.2) is 0 Å². The third kappa shape index (κ3) is 4.84. The lowest BCUT2D eigenvalue weighted by Crippen LogP contribution is -2.47. The number of carbonyl (C=O) groups excluding carboxylic acids is 2. The summed E-state index contributed by atoms with van der Waals surface area (Å²) in [6.07, 6.45) is 5.04. The first-order valence-corrected chi connectivity index (χ1v) is 14.1. The molecule has 3 saturated carbocycles. The fraction of sp³-hybridized carbons (Fsp3) is 0.576. The van der Waals surface area contributed by atoms with Crippen LogP contribution in [0.1, 0.15) is 105 Å². The van der Waals surface area contributed by atoms with Crippen molar-refractivity contribution in [2.75, 3.05) is 0 Å². The number of ether oxygens (including phenoxy) is 2. The van der Waals surface area contributed by atoms with Crippen molar-refractivity contribution in [1.29, 1.82) is 0 Å². The van der Waals surface area contributed by atoms with Crippen LogP contribution in [0.25, 0.3) is 0 Å². The molecule has 0 amide bonds. The number of benzene rings is 2. The molecule has 198 valence electrons. The first-order valence-electron chi connectivity index (χ1n) is 14.1. The highest BCUT2D eigenvalue weighted by molar-refractivity contribution is 5.92. The predicted octanol–water partition coefficient (Wildman–Crippen LogP) is 7.49. The molecule has 3 aliphatic rings. The molecule has 0 N–H and O–H groups in total. The molecular formula is C33H42O4. The third-order valence-electron chi connectivity index (χ3n) is 9.08. The van der Waals surface area contributed by atoms with Crippen molar-refractivity contribution in [3.63, 3.8) is 0 Å². The Labute approximate surface area is 222 Å². The SMILES string of the molecule is CC(C)(C)c1ccccc1C(=O)OC1C2CC(C3CCCCC32)C1OC(=O)c1ccccc1C(C)(C)C. The molecule has 2 aromatic rings. The van der Waals surface area contributed by atoms with E-state index in [-0.39, 0.29) is 34.6 Å². The molecule has 0 aliphatic heterocycles. The molecule has 4 heteroatoms. The van der Waals surface area contributed by atoms with Gasteiger partial charge in [0.2, 0.25) is 0 Å². The average Bonchev–Trinajstić information content (AvgIpc) is 3.40. The Morgan fingerprint density at radius 3 is 1.38 bits per heavy atom. The molecular weight excluding hydrogens is 460 g/mol. The Hall–Kier alpha value is -2.62. The second-order valence-electron chi connectivity index (χ2n) is 13.5. The van der Waals surface area contributed by atoms with Gasteiger partial charge in [-0.05, 0) is 65.2 Å². The number of hydrogen-bond acceptors (Lipinski definition) is 4. The van der Waals surface area contributed by atoms with Gasteiger partial charge in [-0.15, -0.1) is 0 Å². The van der Waals surface area contributed by atoms with E-state index in [0.29, 0.717) is 23.0 Å². The summed E-state index contributed by atoms with van der Waals surface area (Å²) in [7, 11) is 0. The molecule has 6 atom stereocenters. The molecule has 6 unspecified atom stereocenters. The zero-order valence-electron chi connectivity index (χ0n) is 23.3. The van der Waals surface area contributed by atoms with Crippen LogP contribution in [-0.2, 0) is 20.3 Å². The van der Waals surface area contributed by atoms with E-state index in [1.165, 1.54) is 25.7 Å². The summed E-state index contributed by atoms with van der Waals surface area (Å²) in [6.45, 7) is 12.7. The largest absolute Gasteiger partial charge is 0.454 e. The van der Waals surface area contributed by atoms with E-state index in [2.05, 4.69) is 41.5 Å². The molecule has 3 fully saturated rings. The van der Waals surface area contributed by atoms with Crippen molar-refractivity contribution in [2.45, 2.75) is 96.7 Å². The normalized spacial score (nSPS) is 29.0. The fourth-order valence-corrected chi connectivity index (χ4v) is 7.47. The summed E-state index contributed by atoms with van der Waals surface area (Å²) in [4.78, 5) is 27.3. The van der Waals surface area contributed by atoms with Crippen molar-refractivity contribution in [1.82, 2.24) is 0 Å². The van der Waals surface area contributed by atoms with Crippen LogP contribution in [0.5, 0.6) is 0 Å². The van der Waals surface area contributed by atoms with E-state index in [0.717, 1.165) is 17.5 Å². The zero-order valence-corrected chi connectivity index (χ0v) is 23.3. The van der Waals surface area contributed by atoms with Gasteiger partial charge in [-0.2, -0.15) is 0 Å². The van der Waals surface area contributed by atoms with Crippen LogP contribution in [0.2, 0.25) is 0 Å². The van der Waals surface area contributed by atoms with Crippen LogP contribution in [0.4, 0.5) is 0 Å². The minimum absolute atomic E-state index is 0.179. The van der Waals surface area contributed by atoms with Gasteiger partial charge in [0.1, 0.15) is 12.2 Å². The Kier molecular flexibility index (Phi) is 6.75. The van der Waals surface area contributed by atoms with Crippen molar-refractivity contribution in [2.24, 2.45) is 23.7 Å². The van der Waals surface area contributed by atoms with Gasteiger partial charge in [-0.1, -0.05) is 90.8 Å². The predicted molar refractivity (Wildman–Crippen MR) is 146 cm³/mol. The van der Waals surface area contributed by atoms with Crippen LogP contribution in [-0.4, -0.2) is 24.1 Å². The number of fused-ring (bicyclic) bond motifs is 5. The van der Waals surface area contributed by atoms with Crippen LogP contribution < -0.4 is 0 Å². The van der Waals surface area contributed by atoms with Gasteiger partial charge in [0.25, 0.3) is 0 Å². The summed E-state index contributed by atoms with van der Waals surface area (Å²) >= 11 is 0. The maximum atomic E-state index is 13.6. The maximum absolute atomic E-state index is 13.6. The second-order valence-corrected chi connectivity index (χ2v) is 13.5. The van der Waals surface area contributed by atoms with Gasteiger partial charge < -0.3 is 9.47 Å². The van der Waals surface area contributed by atoms with Gasteiger partial charge in [0.05, 0.1) is 11.1 Å².